The van der Waals surface area contributed by atoms with Crippen LogP contribution in [0.25, 0.3) is 0 Å². The molecule has 0 fully saturated rings. The molecule has 1 aliphatic heterocycles. The predicted molar refractivity (Wildman–Crippen MR) is 139 cm³/mol. The smallest absolute Gasteiger partial charge is 0.224 e. The molecule has 1 amide bonds. The van der Waals surface area contributed by atoms with E-state index in [2.05, 4.69) is 78.9 Å². The van der Waals surface area contributed by atoms with Crippen molar-refractivity contribution in [2.75, 3.05) is 32.2 Å². The first-order chi connectivity index (χ1) is 15.9. The van der Waals surface area contributed by atoms with Crippen LogP contribution in [0, 0.1) is 26.2 Å². The van der Waals surface area contributed by atoms with E-state index in [-0.39, 0.29) is 17.2 Å². The minimum absolute atomic E-state index is 0.0450. The maximum Gasteiger partial charge on any atom is 0.224 e. The Labute approximate surface area is 205 Å². The highest BCUT2D eigenvalue weighted by molar-refractivity contribution is 5.93. The van der Waals surface area contributed by atoms with Gasteiger partial charge in [-0.15, -0.1) is 0 Å². The minimum atomic E-state index is -0.0688. The van der Waals surface area contributed by atoms with Crippen molar-refractivity contribution in [1.82, 2.24) is 0 Å². The van der Waals surface area contributed by atoms with E-state index in [9.17, 15) is 4.79 Å². The van der Waals surface area contributed by atoms with E-state index >= 15 is 0 Å². The molecular formula is C29H41NO4. The van der Waals surface area contributed by atoms with Crippen LogP contribution in [0.5, 0.6) is 11.5 Å². The quantitative estimate of drug-likeness (QED) is 0.441. The third-order valence-corrected chi connectivity index (χ3v) is 6.61. The fourth-order valence-electron chi connectivity index (χ4n) is 4.72. The van der Waals surface area contributed by atoms with Crippen molar-refractivity contribution >= 4 is 11.6 Å². The summed E-state index contributed by atoms with van der Waals surface area (Å²) in [5.41, 5.74) is 7.59. The monoisotopic (exact) mass is 467 g/mol. The third kappa shape index (κ3) is 5.57. The molecule has 1 unspecified atom stereocenters. The fourth-order valence-corrected chi connectivity index (χ4v) is 4.72. The van der Waals surface area contributed by atoms with E-state index in [0.29, 0.717) is 32.2 Å². The molecule has 5 heteroatoms. The molecule has 186 valence electrons. The van der Waals surface area contributed by atoms with Gasteiger partial charge in [-0.05, 0) is 66.0 Å². The van der Waals surface area contributed by atoms with Gasteiger partial charge >= 0.3 is 0 Å². The maximum atomic E-state index is 12.8. The highest BCUT2D eigenvalue weighted by Gasteiger charge is 2.33. The first kappa shape index (κ1) is 26.1. The Morgan fingerprint density at radius 2 is 1.82 bits per heavy atom. The summed E-state index contributed by atoms with van der Waals surface area (Å²) in [5, 5.41) is 3.21. The van der Waals surface area contributed by atoms with Gasteiger partial charge in [-0.3, -0.25) is 4.79 Å². The second-order valence-electron chi connectivity index (χ2n) is 10.9. The lowest BCUT2D eigenvalue weighted by molar-refractivity contribution is -0.117. The summed E-state index contributed by atoms with van der Waals surface area (Å²) < 4.78 is 17.5. The number of nitrogens with one attached hydrogen (secondary N) is 1. The number of amides is 1. The van der Waals surface area contributed by atoms with Crippen molar-refractivity contribution in [2.24, 2.45) is 5.41 Å². The van der Waals surface area contributed by atoms with Gasteiger partial charge in [0.25, 0.3) is 0 Å². The van der Waals surface area contributed by atoms with E-state index in [4.69, 9.17) is 14.2 Å². The molecule has 0 aromatic heterocycles. The molecule has 0 radical (unpaired) electrons. The second-order valence-corrected chi connectivity index (χ2v) is 10.9. The van der Waals surface area contributed by atoms with Crippen LogP contribution in [0.3, 0.4) is 0 Å². The number of methoxy groups -OCH3 is 1. The van der Waals surface area contributed by atoms with Crippen LogP contribution < -0.4 is 14.8 Å². The van der Waals surface area contributed by atoms with Gasteiger partial charge in [-0.1, -0.05) is 46.8 Å². The zero-order valence-electron chi connectivity index (χ0n) is 22.3. The molecule has 1 heterocycles. The van der Waals surface area contributed by atoms with E-state index in [1.165, 1.54) is 5.56 Å². The maximum absolute atomic E-state index is 12.8. The number of hydrogen-bond donors (Lipinski definition) is 1. The summed E-state index contributed by atoms with van der Waals surface area (Å²) in [5.74, 6) is 2.33. The first-order valence-corrected chi connectivity index (χ1v) is 12.3. The molecule has 0 bridgehead atoms. The second kappa shape index (κ2) is 10.4. The number of anilines is 1. The van der Waals surface area contributed by atoms with Crippen molar-refractivity contribution in [3.63, 3.8) is 0 Å². The van der Waals surface area contributed by atoms with Gasteiger partial charge < -0.3 is 19.5 Å². The number of fused-ring (bicyclic) bond motifs is 1. The molecule has 5 nitrogen and oxygen atoms in total. The van der Waals surface area contributed by atoms with Gasteiger partial charge in [0.1, 0.15) is 18.1 Å². The Morgan fingerprint density at radius 3 is 2.44 bits per heavy atom. The largest absolute Gasteiger partial charge is 0.492 e. The van der Waals surface area contributed by atoms with Crippen LogP contribution in [0.4, 0.5) is 5.69 Å². The standard InChI is InChI=1S/C29H41NO4/c1-17(2)22-11-10-21(14-24(22)33-13-12-32-9)23-16-34-28-19(4)18(3)27(20(5)26(23)28)30-25(31)15-29(6,7)8/h10-11,14,17,23H,12-13,15-16H2,1-9H3,(H,30,31). The van der Waals surface area contributed by atoms with Gasteiger partial charge in [0.2, 0.25) is 5.91 Å². The van der Waals surface area contributed by atoms with E-state index in [1.807, 2.05) is 0 Å². The van der Waals surface area contributed by atoms with Gasteiger partial charge in [-0.25, -0.2) is 0 Å². The summed E-state index contributed by atoms with van der Waals surface area (Å²) in [4.78, 5) is 12.8. The summed E-state index contributed by atoms with van der Waals surface area (Å²) >= 11 is 0. The molecule has 0 saturated carbocycles. The van der Waals surface area contributed by atoms with E-state index < -0.39 is 0 Å². The zero-order chi connectivity index (χ0) is 25.2. The van der Waals surface area contributed by atoms with Gasteiger partial charge in [-0.2, -0.15) is 0 Å². The van der Waals surface area contributed by atoms with Crippen LogP contribution in [0.15, 0.2) is 18.2 Å². The molecule has 1 atom stereocenters. The van der Waals surface area contributed by atoms with Crippen LogP contribution in [-0.2, 0) is 9.53 Å². The van der Waals surface area contributed by atoms with Crippen molar-refractivity contribution in [1.29, 1.82) is 0 Å². The molecule has 34 heavy (non-hydrogen) atoms. The number of benzene rings is 2. The SMILES string of the molecule is COCCOc1cc(C2COc3c(C)c(C)c(NC(=O)CC(C)(C)C)c(C)c32)ccc1C(C)C. The highest BCUT2D eigenvalue weighted by Crippen LogP contribution is 2.47. The Morgan fingerprint density at radius 1 is 1.12 bits per heavy atom. The Hall–Kier alpha value is -2.53. The summed E-state index contributed by atoms with van der Waals surface area (Å²) in [6, 6.07) is 6.51. The Balaban J connectivity index is 2.02. The Kier molecular flexibility index (Phi) is 7.97. The van der Waals surface area contributed by atoms with Crippen molar-refractivity contribution in [3.05, 3.63) is 51.6 Å². The average molecular weight is 468 g/mol. The molecule has 3 rings (SSSR count). The average Bonchev–Trinajstić information content (AvgIpc) is 3.19. The zero-order valence-corrected chi connectivity index (χ0v) is 22.3. The normalized spacial score (nSPS) is 15.3. The molecule has 2 aromatic rings. The van der Waals surface area contributed by atoms with E-state index in [1.54, 1.807) is 7.11 Å². The number of carbonyl (C=O) groups excluding carboxylic acids is 1. The molecular weight excluding hydrogens is 426 g/mol. The third-order valence-electron chi connectivity index (χ3n) is 6.61. The van der Waals surface area contributed by atoms with Gasteiger partial charge in [0.05, 0.1) is 13.2 Å². The van der Waals surface area contributed by atoms with Crippen molar-refractivity contribution < 1.29 is 19.0 Å². The van der Waals surface area contributed by atoms with Crippen molar-refractivity contribution in [2.45, 2.75) is 73.6 Å². The highest BCUT2D eigenvalue weighted by atomic mass is 16.5. The van der Waals surface area contributed by atoms with Crippen LogP contribution in [-0.4, -0.2) is 32.8 Å². The molecule has 0 saturated heterocycles. The summed E-state index contributed by atoms with van der Waals surface area (Å²) in [6.07, 6.45) is 0.473. The van der Waals surface area contributed by atoms with E-state index in [0.717, 1.165) is 45.0 Å². The van der Waals surface area contributed by atoms with Gasteiger partial charge in [0.15, 0.2) is 0 Å². The Bertz CT molecular complexity index is 1050. The van der Waals surface area contributed by atoms with Gasteiger partial charge in [0, 0.05) is 30.7 Å². The summed E-state index contributed by atoms with van der Waals surface area (Å²) in [6.45, 7) is 18.5. The summed E-state index contributed by atoms with van der Waals surface area (Å²) in [7, 11) is 1.68. The van der Waals surface area contributed by atoms with Crippen molar-refractivity contribution in [3.8, 4) is 11.5 Å². The molecule has 1 aliphatic rings. The number of ether oxygens (including phenoxy) is 3. The number of carbonyl (C=O) groups is 1. The molecule has 0 spiro atoms. The number of rotatable bonds is 8. The lowest BCUT2D eigenvalue weighted by Gasteiger charge is -2.23. The van der Waals surface area contributed by atoms with Crippen LogP contribution in [0.1, 0.15) is 86.3 Å². The van der Waals surface area contributed by atoms with Crippen LogP contribution >= 0.6 is 0 Å². The lowest BCUT2D eigenvalue weighted by atomic mass is 9.85. The predicted octanol–water partition coefficient (Wildman–Crippen LogP) is 6.66. The lowest BCUT2D eigenvalue weighted by Crippen LogP contribution is -2.21. The first-order valence-electron chi connectivity index (χ1n) is 12.3. The molecule has 2 aromatic carbocycles. The molecule has 0 aliphatic carbocycles. The minimum Gasteiger partial charge on any atom is -0.492 e. The number of hydrogen-bond acceptors (Lipinski definition) is 4. The molecule has 1 N–H and O–H groups in total. The van der Waals surface area contributed by atoms with Crippen LogP contribution in [0.2, 0.25) is 0 Å². The topological polar surface area (TPSA) is 56.8 Å². The fraction of sp³-hybridized carbons (Fsp3) is 0.552.